The van der Waals surface area contributed by atoms with Gasteiger partial charge in [0, 0.05) is 17.6 Å². The quantitative estimate of drug-likeness (QED) is 0.729. The standard InChI is InChI=1S/C15H21NO/c1-12(2)11-16(15(3,4)5)14(17)13-9-7-6-8-10-13/h6-10H,1,11H2,2-5H3. The molecule has 0 saturated heterocycles. The van der Waals surface area contributed by atoms with E-state index < -0.39 is 0 Å². The first-order chi connectivity index (χ1) is 7.82. The molecular formula is C15H21NO. The number of amides is 1. The number of carbonyl (C=O) groups excluding carboxylic acids is 1. The van der Waals surface area contributed by atoms with E-state index in [9.17, 15) is 4.79 Å². The summed E-state index contributed by atoms with van der Waals surface area (Å²) in [7, 11) is 0. The van der Waals surface area contributed by atoms with Crippen molar-refractivity contribution in [2.75, 3.05) is 6.54 Å². The van der Waals surface area contributed by atoms with Gasteiger partial charge in [0.05, 0.1) is 0 Å². The molecule has 1 aromatic carbocycles. The summed E-state index contributed by atoms with van der Waals surface area (Å²) in [5.41, 5.74) is 1.51. The van der Waals surface area contributed by atoms with Crippen LogP contribution in [0.4, 0.5) is 0 Å². The molecule has 0 N–H and O–H groups in total. The van der Waals surface area contributed by atoms with E-state index >= 15 is 0 Å². The van der Waals surface area contributed by atoms with Crippen LogP contribution in [0, 0.1) is 0 Å². The van der Waals surface area contributed by atoms with Crippen LogP contribution in [0.5, 0.6) is 0 Å². The van der Waals surface area contributed by atoms with Gasteiger partial charge in [-0.05, 0) is 39.8 Å². The summed E-state index contributed by atoms with van der Waals surface area (Å²) in [5.74, 6) is 0.0566. The highest BCUT2D eigenvalue weighted by molar-refractivity contribution is 5.94. The van der Waals surface area contributed by atoms with Crippen LogP contribution in [-0.2, 0) is 0 Å². The molecule has 0 radical (unpaired) electrons. The van der Waals surface area contributed by atoms with Crippen LogP contribution in [0.1, 0.15) is 38.1 Å². The summed E-state index contributed by atoms with van der Waals surface area (Å²) in [5, 5.41) is 0. The average Bonchev–Trinajstić information content (AvgIpc) is 2.24. The Labute approximate surface area is 104 Å². The Morgan fingerprint density at radius 2 is 1.76 bits per heavy atom. The predicted octanol–water partition coefficient (Wildman–Crippen LogP) is 3.50. The Bertz CT molecular complexity index is 401. The van der Waals surface area contributed by atoms with Crippen molar-refractivity contribution >= 4 is 5.91 Å². The lowest BCUT2D eigenvalue weighted by molar-refractivity contribution is 0.0609. The van der Waals surface area contributed by atoms with E-state index in [1.807, 2.05) is 62.9 Å². The summed E-state index contributed by atoms with van der Waals surface area (Å²) in [4.78, 5) is 14.3. The Kier molecular flexibility index (Phi) is 4.11. The van der Waals surface area contributed by atoms with E-state index in [0.717, 1.165) is 11.1 Å². The second-order valence-corrected chi connectivity index (χ2v) is 5.39. The van der Waals surface area contributed by atoms with Crippen LogP contribution in [0.25, 0.3) is 0 Å². The first kappa shape index (κ1) is 13.5. The second-order valence-electron chi connectivity index (χ2n) is 5.39. The molecule has 0 aliphatic rings. The van der Waals surface area contributed by atoms with Gasteiger partial charge in [-0.3, -0.25) is 4.79 Å². The zero-order chi connectivity index (χ0) is 13.1. The molecule has 0 aromatic heterocycles. The number of carbonyl (C=O) groups is 1. The number of benzene rings is 1. The van der Waals surface area contributed by atoms with Gasteiger partial charge < -0.3 is 4.90 Å². The minimum absolute atomic E-state index is 0.0566. The lowest BCUT2D eigenvalue weighted by Gasteiger charge is -2.36. The minimum atomic E-state index is -0.203. The van der Waals surface area contributed by atoms with Gasteiger partial charge >= 0.3 is 0 Å². The fraction of sp³-hybridized carbons (Fsp3) is 0.400. The maximum absolute atomic E-state index is 12.4. The van der Waals surface area contributed by atoms with Crippen LogP contribution >= 0.6 is 0 Å². The molecule has 2 nitrogen and oxygen atoms in total. The molecule has 0 unspecified atom stereocenters. The topological polar surface area (TPSA) is 20.3 Å². The van der Waals surface area contributed by atoms with E-state index in [-0.39, 0.29) is 11.4 Å². The van der Waals surface area contributed by atoms with Crippen molar-refractivity contribution in [1.82, 2.24) is 4.90 Å². The molecule has 0 bridgehead atoms. The first-order valence-corrected chi connectivity index (χ1v) is 5.84. The molecule has 17 heavy (non-hydrogen) atoms. The van der Waals surface area contributed by atoms with Gasteiger partial charge in [-0.25, -0.2) is 0 Å². The van der Waals surface area contributed by atoms with Gasteiger partial charge in [0.15, 0.2) is 0 Å². The Morgan fingerprint density at radius 3 is 2.18 bits per heavy atom. The smallest absolute Gasteiger partial charge is 0.254 e. The summed E-state index contributed by atoms with van der Waals surface area (Å²) in [6, 6.07) is 9.37. The van der Waals surface area contributed by atoms with Crippen molar-refractivity contribution in [1.29, 1.82) is 0 Å². The van der Waals surface area contributed by atoms with Crippen molar-refractivity contribution < 1.29 is 4.79 Å². The molecule has 1 aromatic rings. The number of hydrogen-bond acceptors (Lipinski definition) is 1. The van der Waals surface area contributed by atoms with Crippen molar-refractivity contribution in [3.05, 3.63) is 48.0 Å². The largest absolute Gasteiger partial charge is 0.330 e. The second kappa shape index (κ2) is 5.17. The normalized spacial score (nSPS) is 11.1. The highest BCUT2D eigenvalue weighted by Crippen LogP contribution is 2.18. The monoisotopic (exact) mass is 231 g/mol. The van der Waals surface area contributed by atoms with Crippen molar-refractivity contribution in [3.63, 3.8) is 0 Å². The van der Waals surface area contributed by atoms with Gasteiger partial charge in [0.2, 0.25) is 0 Å². The molecule has 1 amide bonds. The van der Waals surface area contributed by atoms with Crippen LogP contribution in [0.3, 0.4) is 0 Å². The SMILES string of the molecule is C=C(C)CN(C(=O)c1ccccc1)C(C)(C)C. The lowest BCUT2D eigenvalue weighted by atomic mass is 10.0. The van der Waals surface area contributed by atoms with Crippen molar-refractivity contribution in [2.24, 2.45) is 0 Å². The maximum atomic E-state index is 12.4. The molecule has 0 spiro atoms. The summed E-state index contributed by atoms with van der Waals surface area (Å²) in [6.07, 6.45) is 0. The molecule has 92 valence electrons. The van der Waals surface area contributed by atoms with Crippen molar-refractivity contribution in [3.8, 4) is 0 Å². The summed E-state index contributed by atoms with van der Waals surface area (Å²) < 4.78 is 0. The van der Waals surface area contributed by atoms with Gasteiger partial charge in [-0.2, -0.15) is 0 Å². The fourth-order valence-electron chi connectivity index (χ4n) is 1.62. The van der Waals surface area contributed by atoms with E-state index in [4.69, 9.17) is 0 Å². The Hall–Kier alpha value is -1.57. The maximum Gasteiger partial charge on any atom is 0.254 e. The van der Waals surface area contributed by atoms with Crippen LogP contribution in [0.15, 0.2) is 42.5 Å². The predicted molar refractivity (Wildman–Crippen MR) is 72.0 cm³/mol. The van der Waals surface area contributed by atoms with E-state index in [1.54, 1.807) is 0 Å². The van der Waals surface area contributed by atoms with Gasteiger partial charge in [0.25, 0.3) is 5.91 Å². The molecule has 2 heteroatoms. The summed E-state index contributed by atoms with van der Waals surface area (Å²) >= 11 is 0. The third kappa shape index (κ3) is 3.74. The van der Waals surface area contributed by atoms with Crippen LogP contribution in [-0.4, -0.2) is 22.9 Å². The van der Waals surface area contributed by atoms with E-state index in [0.29, 0.717) is 6.54 Å². The molecule has 0 heterocycles. The number of nitrogens with zero attached hydrogens (tertiary/aromatic N) is 1. The summed E-state index contributed by atoms with van der Waals surface area (Å²) in [6.45, 7) is 12.5. The highest BCUT2D eigenvalue weighted by Gasteiger charge is 2.26. The number of rotatable bonds is 3. The van der Waals surface area contributed by atoms with E-state index in [1.165, 1.54) is 0 Å². The zero-order valence-corrected chi connectivity index (χ0v) is 11.2. The van der Waals surface area contributed by atoms with E-state index in [2.05, 4.69) is 6.58 Å². The third-order valence-corrected chi connectivity index (χ3v) is 2.50. The minimum Gasteiger partial charge on any atom is -0.330 e. The number of hydrogen-bond donors (Lipinski definition) is 0. The van der Waals surface area contributed by atoms with Crippen molar-refractivity contribution in [2.45, 2.75) is 33.2 Å². The fourth-order valence-corrected chi connectivity index (χ4v) is 1.62. The molecular weight excluding hydrogens is 210 g/mol. The lowest BCUT2D eigenvalue weighted by Crippen LogP contribution is -2.46. The van der Waals surface area contributed by atoms with Gasteiger partial charge in [0.1, 0.15) is 0 Å². The average molecular weight is 231 g/mol. The molecule has 0 aliphatic heterocycles. The molecule has 1 rings (SSSR count). The Balaban J connectivity index is 3.00. The third-order valence-electron chi connectivity index (χ3n) is 2.50. The van der Waals surface area contributed by atoms with Gasteiger partial charge in [-0.15, -0.1) is 0 Å². The first-order valence-electron chi connectivity index (χ1n) is 5.84. The molecule has 0 saturated carbocycles. The van der Waals surface area contributed by atoms with Crippen LogP contribution < -0.4 is 0 Å². The Morgan fingerprint density at radius 1 is 1.24 bits per heavy atom. The highest BCUT2D eigenvalue weighted by atomic mass is 16.2. The van der Waals surface area contributed by atoms with Crippen LogP contribution in [0.2, 0.25) is 0 Å². The zero-order valence-electron chi connectivity index (χ0n) is 11.2. The van der Waals surface area contributed by atoms with Gasteiger partial charge in [-0.1, -0.05) is 30.4 Å². The molecule has 0 fully saturated rings. The molecule has 0 aliphatic carbocycles. The molecule has 0 atom stereocenters.